The number of nitrogens with zero attached hydrogens (tertiary/aromatic N) is 1. The number of piperidine rings is 1. The van der Waals surface area contributed by atoms with E-state index in [-0.39, 0.29) is 0 Å². The summed E-state index contributed by atoms with van der Waals surface area (Å²) >= 11 is 1.60. The smallest absolute Gasteiger partial charge is 0.250 e. The Morgan fingerprint density at radius 3 is 2.45 bits per heavy atom. The van der Waals surface area contributed by atoms with Crippen LogP contribution >= 0.6 is 23.7 Å². The zero-order valence-electron chi connectivity index (χ0n) is 12.2. The molecule has 1 heterocycles. The Labute approximate surface area is 128 Å². The zero-order chi connectivity index (χ0) is 14.8. The highest BCUT2D eigenvalue weighted by Gasteiger charge is 2.44. The lowest BCUT2D eigenvalue weighted by atomic mass is 9.76. The van der Waals surface area contributed by atoms with E-state index in [0.29, 0.717) is 17.7 Å². The number of rotatable bonds is 5. The van der Waals surface area contributed by atoms with Crippen LogP contribution in [0.25, 0.3) is 0 Å². The van der Waals surface area contributed by atoms with Crippen LogP contribution in [-0.2, 0) is 0 Å². The first-order valence-corrected chi connectivity index (χ1v) is 9.49. The van der Waals surface area contributed by atoms with Crippen LogP contribution in [0.15, 0.2) is 0 Å². The topological polar surface area (TPSA) is 3.24 Å². The van der Waals surface area contributed by atoms with Crippen molar-refractivity contribution in [2.24, 2.45) is 11.8 Å². The minimum Gasteiger partial charge on any atom is -0.250 e. The van der Waals surface area contributed by atoms with Gasteiger partial charge in [-0.1, -0.05) is 43.0 Å². The molecular formula is C14H24F3NS2. The van der Waals surface area contributed by atoms with Gasteiger partial charge < -0.3 is 0 Å². The third-order valence-electron chi connectivity index (χ3n) is 4.57. The Kier molecular flexibility index (Phi) is 6.00. The summed E-state index contributed by atoms with van der Waals surface area (Å²) in [6, 6.07) is 0. The molecule has 0 aromatic carbocycles. The summed E-state index contributed by atoms with van der Waals surface area (Å²) in [5, 5.41) is -3.98. The van der Waals surface area contributed by atoms with Crippen molar-refractivity contribution >= 4 is 23.7 Å². The summed E-state index contributed by atoms with van der Waals surface area (Å²) < 4.78 is 42.7. The Bertz CT molecular complexity index is 317. The van der Waals surface area contributed by atoms with Crippen molar-refractivity contribution in [2.45, 2.75) is 55.7 Å². The maximum atomic E-state index is 13.8. The molecule has 0 radical (unpaired) electrons. The van der Waals surface area contributed by atoms with Crippen LogP contribution in [0.2, 0.25) is 0 Å². The molecule has 0 N–H and O–H groups in total. The van der Waals surface area contributed by atoms with Crippen molar-refractivity contribution < 1.29 is 13.2 Å². The molecule has 2 rings (SSSR count). The first kappa shape index (κ1) is 16.8. The van der Waals surface area contributed by atoms with Gasteiger partial charge in [0.2, 0.25) is 0 Å². The van der Waals surface area contributed by atoms with Gasteiger partial charge in [-0.05, 0) is 37.9 Å². The van der Waals surface area contributed by atoms with Gasteiger partial charge in [0.05, 0.1) is 5.25 Å². The van der Waals surface area contributed by atoms with Crippen LogP contribution < -0.4 is 0 Å². The van der Waals surface area contributed by atoms with Gasteiger partial charge in [-0.25, -0.2) is 8.70 Å². The van der Waals surface area contributed by atoms with E-state index in [1.807, 2.05) is 0 Å². The third-order valence-corrected chi connectivity index (χ3v) is 6.55. The van der Waals surface area contributed by atoms with E-state index in [4.69, 9.17) is 0 Å². The van der Waals surface area contributed by atoms with E-state index in [1.54, 1.807) is 6.92 Å². The predicted molar refractivity (Wildman–Crippen MR) is 82.0 cm³/mol. The maximum Gasteiger partial charge on any atom is 0.325 e. The summed E-state index contributed by atoms with van der Waals surface area (Å²) in [6.07, 6.45) is 5.48. The van der Waals surface area contributed by atoms with Crippen molar-refractivity contribution in [3.05, 3.63) is 0 Å². The second-order valence-electron chi connectivity index (χ2n) is 5.96. The zero-order valence-corrected chi connectivity index (χ0v) is 13.8. The average molecular weight is 327 g/mol. The van der Waals surface area contributed by atoms with Crippen molar-refractivity contribution in [3.8, 4) is 0 Å². The number of alkyl halides is 3. The van der Waals surface area contributed by atoms with Crippen molar-refractivity contribution in [1.82, 2.24) is 4.31 Å². The average Bonchev–Trinajstić information content (AvgIpc) is 2.46. The minimum absolute atomic E-state index is 0.304. The van der Waals surface area contributed by atoms with E-state index in [2.05, 4.69) is 4.31 Å². The lowest BCUT2D eigenvalue weighted by molar-refractivity contribution is 0.0158. The van der Waals surface area contributed by atoms with E-state index < -0.39 is 16.7 Å². The second-order valence-corrected chi connectivity index (χ2v) is 8.38. The SMILES string of the molecule is CSC(F)(F)C(F)C(C)SN1CCC2CCCCC2C1. The normalized spacial score (nSPS) is 31.6. The molecule has 20 heavy (non-hydrogen) atoms. The summed E-state index contributed by atoms with van der Waals surface area (Å²) in [7, 11) is 0. The fraction of sp³-hybridized carbons (Fsp3) is 1.00. The number of fused-ring (bicyclic) bond motifs is 1. The highest BCUT2D eigenvalue weighted by atomic mass is 32.2. The van der Waals surface area contributed by atoms with E-state index in [0.717, 1.165) is 25.4 Å². The standard InChI is InChI=1S/C14H24F3NS2/c1-10(13(15)14(16,17)19-2)20-18-8-7-11-5-3-4-6-12(11)9-18/h10-13H,3-9H2,1-2H3. The van der Waals surface area contributed by atoms with Crippen molar-refractivity contribution in [1.29, 1.82) is 0 Å². The lowest BCUT2D eigenvalue weighted by Crippen LogP contribution is -2.41. The number of hydrogen-bond donors (Lipinski definition) is 0. The van der Waals surface area contributed by atoms with E-state index in [9.17, 15) is 13.2 Å². The van der Waals surface area contributed by atoms with Crippen LogP contribution in [-0.4, -0.2) is 40.3 Å². The minimum atomic E-state index is -3.28. The second kappa shape index (κ2) is 7.14. The Morgan fingerprint density at radius 2 is 1.80 bits per heavy atom. The molecule has 6 heteroatoms. The van der Waals surface area contributed by atoms with Crippen LogP contribution in [0.1, 0.15) is 39.0 Å². The summed E-state index contributed by atoms with van der Waals surface area (Å²) in [4.78, 5) is 0. The summed E-state index contributed by atoms with van der Waals surface area (Å²) in [5.41, 5.74) is 0. The first-order chi connectivity index (χ1) is 9.44. The quantitative estimate of drug-likeness (QED) is 0.666. The van der Waals surface area contributed by atoms with E-state index >= 15 is 0 Å². The molecular weight excluding hydrogens is 303 g/mol. The van der Waals surface area contributed by atoms with Gasteiger partial charge in [0.1, 0.15) is 0 Å². The molecule has 0 bridgehead atoms. The molecule has 4 unspecified atom stereocenters. The molecule has 1 saturated carbocycles. The largest absolute Gasteiger partial charge is 0.325 e. The number of thioether (sulfide) groups is 1. The van der Waals surface area contributed by atoms with Gasteiger partial charge in [0.15, 0.2) is 6.17 Å². The fourth-order valence-corrected chi connectivity index (χ4v) is 5.09. The number of hydrogen-bond acceptors (Lipinski definition) is 3. The van der Waals surface area contributed by atoms with Crippen LogP contribution in [0, 0.1) is 11.8 Å². The summed E-state index contributed by atoms with van der Waals surface area (Å²) in [5.74, 6) is 1.50. The molecule has 2 aliphatic rings. The molecule has 1 nitrogen and oxygen atoms in total. The Morgan fingerprint density at radius 1 is 1.15 bits per heavy atom. The van der Waals surface area contributed by atoms with Gasteiger partial charge >= 0.3 is 5.25 Å². The highest BCUT2D eigenvalue weighted by Crippen LogP contribution is 2.41. The number of halogens is 3. The molecule has 1 aliphatic heterocycles. The Hall–Kier alpha value is 0.450. The molecule has 2 fully saturated rings. The van der Waals surface area contributed by atoms with Crippen molar-refractivity contribution in [2.75, 3.05) is 19.3 Å². The van der Waals surface area contributed by atoms with Crippen LogP contribution in [0.5, 0.6) is 0 Å². The van der Waals surface area contributed by atoms with E-state index in [1.165, 1.54) is 43.9 Å². The monoisotopic (exact) mass is 327 g/mol. The van der Waals surface area contributed by atoms with Gasteiger partial charge in [0.25, 0.3) is 0 Å². The molecule has 1 saturated heterocycles. The summed E-state index contributed by atoms with van der Waals surface area (Å²) in [6.45, 7) is 3.43. The fourth-order valence-electron chi connectivity index (χ4n) is 3.34. The molecule has 1 aliphatic carbocycles. The molecule has 0 aromatic rings. The molecule has 4 atom stereocenters. The molecule has 0 aromatic heterocycles. The van der Waals surface area contributed by atoms with Crippen LogP contribution in [0.4, 0.5) is 13.2 Å². The molecule has 118 valence electrons. The Balaban J connectivity index is 1.84. The van der Waals surface area contributed by atoms with Gasteiger partial charge in [-0.3, -0.25) is 0 Å². The molecule has 0 spiro atoms. The van der Waals surface area contributed by atoms with Crippen molar-refractivity contribution in [3.63, 3.8) is 0 Å². The van der Waals surface area contributed by atoms with Gasteiger partial charge in [-0.15, -0.1) is 0 Å². The van der Waals surface area contributed by atoms with Gasteiger partial charge in [0, 0.05) is 13.1 Å². The molecule has 0 amide bonds. The lowest BCUT2D eigenvalue weighted by Gasteiger charge is -2.41. The third kappa shape index (κ3) is 4.01. The first-order valence-electron chi connectivity index (χ1n) is 7.42. The van der Waals surface area contributed by atoms with Crippen LogP contribution in [0.3, 0.4) is 0 Å². The van der Waals surface area contributed by atoms with Gasteiger partial charge in [-0.2, -0.15) is 8.78 Å². The predicted octanol–water partition coefficient (Wildman–Crippen LogP) is 4.83. The maximum absolute atomic E-state index is 13.8. The highest BCUT2D eigenvalue weighted by molar-refractivity contribution is 8.00.